The van der Waals surface area contributed by atoms with Crippen LogP contribution < -0.4 is 5.73 Å². The van der Waals surface area contributed by atoms with E-state index in [2.05, 4.69) is 32.6 Å². The lowest BCUT2D eigenvalue weighted by atomic mass is 9.85. The second-order valence-corrected chi connectivity index (χ2v) is 7.22. The van der Waals surface area contributed by atoms with E-state index >= 15 is 0 Å². The Kier molecular flexibility index (Phi) is 7.38. The molecule has 0 aromatic rings. The molecule has 0 amide bonds. The molecule has 1 saturated heterocycles. The molecule has 2 N–H and O–H groups in total. The van der Waals surface area contributed by atoms with Crippen molar-refractivity contribution in [1.29, 1.82) is 0 Å². The molecule has 3 atom stereocenters. The van der Waals surface area contributed by atoms with Crippen molar-refractivity contribution in [1.82, 2.24) is 4.90 Å². The fourth-order valence-electron chi connectivity index (χ4n) is 3.60. The number of hydrogen-bond acceptors (Lipinski definition) is 2. The zero-order valence-corrected chi connectivity index (χ0v) is 13.8. The van der Waals surface area contributed by atoms with E-state index in [1.54, 1.807) is 0 Å². The normalized spacial score (nSPS) is 28.3. The number of nitrogens with zero attached hydrogens (tertiary/aromatic N) is 1. The van der Waals surface area contributed by atoms with Gasteiger partial charge in [0.2, 0.25) is 0 Å². The molecule has 2 nitrogen and oxygen atoms in total. The van der Waals surface area contributed by atoms with Crippen molar-refractivity contribution >= 4 is 0 Å². The third-order valence-electron chi connectivity index (χ3n) is 4.89. The SMILES string of the molecule is CCCCCCCC(C)(CN)N1CC(C)CC(C)C1. The van der Waals surface area contributed by atoms with E-state index in [0.717, 1.165) is 18.4 Å². The fraction of sp³-hybridized carbons (Fsp3) is 1.00. The molecule has 114 valence electrons. The first-order valence-corrected chi connectivity index (χ1v) is 8.47. The van der Waals surface area contributed by atoms with Gasteiger partial charge in [-0.1, -0.05) is 52.9 Å². The van der Waals surface area contributed by atoms with Gasteiger partial charge in [0.15, 0.2) is 0 Å². The van der Waals surface area contributed by atoms with Crippen LogP contribution in [0, 0.1) is 11.8 Å². The van der Waals surface area contributed by atoms with Gasteiger partial charge in [-0.05, 0) is 31.6 Å². The molecule has 0 aliphatic carbocycles. The van der Waals surface area contributed by atoms with Gasteiger partial charge in [0.05, 0.1) is 0 Å². The minimum Gasteiger partial charge on any atom is -0.329 e. The van der Waals surface area contributed by atoms with Gasteiger partial charge in [0, 0.05) is 25.2 Å². The van der Waals surface area contributed by atoms with Gasteiger partial charge >= 0.3 is 0 Å². The number of rotatable bonds is 8. The van der Waals surface area contributed by atoms with Crippen LogP contribution in [0.4, 0.5) is 0 Å². The van der Waals surface area contributed by atoms with Gasteiger partial charge in [-0.3, -0.25) is 4.90 Å². The Morgan fingerprint density at radius 1 is 1.05 bits per heavy atom. The van der Waals surface area contributed by atoms with Crippen LogP contribution in [-0.2, 0) is 0 Å². The predicted molar refractivity (Wildman–Crippen MR) is 85.4 cm³/mol. The Labute approximate surface area is 121 Å². The van der Waals surface area contributed by atoms with Gasteiger partial charge in [-0.15, -0.1) is 0 Å². The first-order valence-electron chi connectivity index (χ1n) is 8.47. The monoisotopic (exact) mass is 268 g/mol. The van der Waals surface area contributed by atoms with E-state index in [1.807, 2.05) is 0 Å². The number of unbranched alkanes of at least 4 members (excludes halogenated alkanes) is 4. The summed E-state index contributed by atoms with van der Waals surface area (Å²) in [6.45, 7) is 12.7. The molecule has 1 rings (SSSR count). The molecule has 19 heavy (non-hydrogen) atoms. The molecule has 0 aromatic carbocycles. The third kappa shape index (κ3) is 5.43. The Morgan fingerprint density at radius 3 is 2.16 bits per heavy atom. The average molecular weight is 268 g/mol. The standard InChI is InChI=1S/C17H36N2/c1-5-6-7-8-9-10-17(4,14-18)19-12-15(2)11-16(3)13-19/h15-16H,5-14,18H2,1-4H3. The Bertz CT molecular complexity index is 231. The highest BCUT2D eigenvalue weighted by atomic mass is 15.2. The summed E-state index contributed by atoms with van der Waals surface area (Å²) in [5, 5.41) is 0. The van der Waals surface area contributed by atoms with Gasteiger partial charge in [0.25, 0.3) is 0 Å². The molecule has 1 fully saturated rings. The topological polar surface area (TPSA) is 29.3 Å². The molecule has 0 spiro atoms. The average Bonchev–Trinajstić information content (AvgIpc) is 2.37. The molecule has 2 heteroatoms. The van der Waals surface area contributed by atoms with Crippen molar-refractivity contribution in [2.75, 3.05) is 19.6 Å². The summed E-state index contributed by atoms with van der Waals surface area (Å²) in [6.07, 6.45) is 9.48. The van der Waals surface area contributed by atoms with Crippen LogP contribution in [0.2, 0.25) is 0 Å². The molecule has 1 aliphatic rings. The largest absolute Gasteiger partial charge is 0.329 e. The van der Waals surface area contributed by atoms with Crippen LogP contribution in [0.25, 0.3) is 0 Å². The van der Waals surface area contributed by atoms with E-state index in [-0.39, 0.29) is 5.54 Å². The minimum atomic E-state index is 0.231. The molecular weight excluding hydrogens is 232 g/mol. The van der Waals surface area contributed by atoms with E-state index in [0.29, 0.717) is 0 Å². The zero-order valence-electron chi connectivity index (χ0n) is 13.8. The Morgan fingerprint density at radius 2 is 1.63 bits per heavy atom. The lowest BCUT2D eigenvalue weighted by Crippen LogP contribution is -2.56. The van der Waals surface area contributed by atoms with Crippen molar-refractivity contribution in [3.05, 3.63) is 0 Å². The van der Waals surface area contributed by atoms with Crippen LogP contribution in [0.15, 0.2) is 0 Å². The molecule has 1 aliphatic heterocycles. The molecular formula is C17H36N2. The quantitative estimate of drug-likeness (QED) is 0.673. The fourth-order valence-corrected chi connectivity index (χ4v) is 3.60. The van der Waals surface area contributed by atoms with E-state index in [1.165, 1.54) is 58.0 Å². The van der Waals surface area contributed by atoms with Crippen LogP contribution in [-0.4, -0.2) is 30.1 Å². The molecule has 3 unspecified atom stereocenters. The van der Waals surface area contributed by atoms with E-state index < -0.39 is 0 Å². The zero-order chi connectivity index (χ0) is 14.3. The first kappa shape index (κ1) is 17.0. The van der Waals surface area contributed by atoms with Crippen LogP contribution in [0.5, 0.6) is 0 Å². The summed E-state index contributed by atoms with van der Waals surface area (Å²) in [4.78, 5) is 2.69. The summed E-state index contributed by atoms with van der Waals surface area (Å²) in [6, 6.07) is 0. The molecule has 1 heterocycles. The number of hydrogen-bond donors (Lipinski definition) is 1. The van der Waals surface area contributed by atoms with Crippen molar-refractivity contribution < 1.29 is 0 Å². The van der Waals surface area contributed by atoms with Gasteiger partial charge in [0.1, 0.15) is 0 Å². The van der Waals surface area contributed by atoms with Crippen molar-refractivity contribution in [2.45, 2.75) is 78.2 Å². The summed E-state index contributed by atoms with van der Waals surface area (Å²) in [5.41, 5.74) is 6.36. The summed E-state index contributed by atoms with van der Waals surface area (Å²) in [7, 11) is 0. The van der Waals surface area contributed by atoms with E-state index in [4.69, 9.17) is 5.73 Å². The van der Waals surface area contributed by atoms with Crippen molar-refractivity contribution in [3.8, 4) is 0 Å². The van der Waals surface area contributed by atoms with Gasteiger partial charge in [-0.2, -0.15) is 0 Å². The Balaban J connectivity index is 2.43. The minimum absolute atomic E-state index is 0.231. The van der Waals surface area contributed by atoms with Crippen LogP contribution in [0.1, 0.15) is 72.6 Å². The highest BCUT2D eigenvalue weighted by Gasteiger charge is 2.34. The maximum Gasteiger partial charge on any atom is 0.0303 e. The van der Waals surface area contributed by atoms with Gasteiger partial charge < -0.3 is 5.73 Å². The van der Waals surface area contributed by atoms with Gasteiger partial charge in [-0.25, -0.2) is 0 Å². The van der Waals surface area contributed by atoms with Crippen molar-refractivity contribution in [2.24, 2.45) is 17.6 Å². The van der Waals surface area contributed by atoms with E-state index in [9.17, 15) is 0 Å². The second-order valence-electron chi connectivity index (χ2n) is 7.22. The number of piperidine rings is 1. The molecule has 0 aromatic heterocycles. The predicted octanol–water partition coefficient (Wildman–Crippen LogP) is 4.04. The maximum atomic E-state index is 6.13. The molecule has 0 bridgehead atoms. The molecule has 0 saturated carbocycles. The third-order valence-corrected chi connectivity index (χ3v) is 4.89. The smallest absolute Gasteiger partial charge is 0.0303 e. The summed E-state index contributed by atoms with van der Waals surface area (Å²) in [5.74, 6) is 1.66. The summed E-state index contributed by atoms with van der Waals surface area (Å²) >= 11 is 0. The number of likely N-dealkylation sites (tertiary alicyclic amines) is 1. The highest BCUT2D eigenvalue weighted by molar-refractivity contribution is 4.91. The Hall–Kier alpha value is -0.0800. The second kappa shape index (κ2) is 8.26. The van der Waals surface area contributed by atoms with Crippen LogP contribution in [0.3, 0.4) is 0 Å². The lowest BCUT2D eigenvalue weighted by molar-refractivity contribution is 0.0329. The van der Waals surface area contributed by atoms with Crippen molar-refractivity contribution in [3.63, 3.8) is 0 Å². The molecule has 0 radical (unpaired) electrons. The lowest BCUT2D eigenvalue weighted by Gasteiger charge is -2.47. The number of nitrogens with two attached hydrogens (primary N) is 1. The van der Waals surface area contributed by atoms with Crippen LogP contribution >= 0.6 is 0 Å². The summed E-state index contributed by atoms with van der Waals surface area (Å²) < 4.78 is 0. The highest BCUT2D eigenvalue weighted by Crippen LogP contribution is 2.30. The maximum absolute atomic E-state index is 6.13. The first-order chi connectivity index (χ1) is 9.01.